The Balaban J connectivity index is 2.50. The molecule has 0 radical (unpaired) electrons. The van der Waals surface area contributed by atoms with Crippen LogP contribution in [-0.4, -0.2) is 16.6 Å². The van der Waals surface area contributed by atoms with Gasteiger partial charge in [0, 0.05) is 11.0 Å². The average molecular weight is 338 g/mol. The summed E-state index contributed by atoms with van der Waals surface area (Å²) in [4.78, 5) is 0. The third-order valence-corrected chi connectivity index (χ3v) is 5.37. The summed E-state index contributed by atoms with van der Waals surface area (Å²) in [5.74, 6) is 0.883. The zero-order valence-corrected chi connectivity index (χ0v) is 13.5. The third-order valence-electron chi connectivity index (χ3n) is 3.98. The molecule has 0 heterocycles. The first kappa shape index (κ1) is 14.7. The van der Waals surface area contributed by atoms with E-state index in [1.165, 1.54) is 25.7 Å². The molecule has 0 aromatic heterocycles. The molecule has 1 aliphatic rings. The molecule has 0 spiro atoms. The van der Waals surface area contributed by atoms with Crippen molar-refractivity contribution in [1.29, 1.82) is 0 Å². The fourth-order valence-corrected chi connectivity index (χ4v) is 3.63. The van der Waals surface area contributed by atoms with Crippen LogP contribution in [0.25, 0.3) is 0 Å². The zero-order chi connectivity index (χ0) is 12.2. The van der Waals surface area contributed by atoms with Crippen LogP contribution in [-0.2, 0) is 4.74 Å². The maximum Gasteiger partial charge on any atom is 0.0771 e. The highest BCUT2D eigenvalue weighted by atomic mass is 127. The molecule has 1 aliphatic carbocycles. The molecular weight excluding hydrogens is 311 g/mol. The molecule has 1 rings (SSSR count). The van der Waals surface area contributed by atoms with E-state index in [1.54, 1.807) is 0 Å². The summed E-state index contributed by atoms with van der Waals surface area (Å²) in [5.41, 5.74) is 0.681. The fraction of sp³-hybridized carbons (Fsp3) is 1.00. The van der Waals surface area contributed by atoms with E-state index in [4.69, 9.17) is 4.74 Å². The predicted molar refractivity (Wildman–Crippen MR) is 79.3 cm³/mol. The molecule has 0 aromatic carbocycles. The largest absolute Gasteiger partial charge is 0.374 e. The molecule has 0 N–H and O–H groups in total. The van der Waals surface area contributed by atoms with Crippen LogP contribution in [0.5, 0.6) is 0 Å². The van der Waals surface area contributed by atoms with Crippen LogP contribution in [0.3, 0.4) is 0 Å². The molecule has 2 heteroatoms. The van der Waals surface area contributed by atoms with Crippen molar-refractivity contribution in [1.82, 2.24) is 0 Å². The summed E-state index contributed by atoms with van der Waals surface area (Å²) >= 11 is 2.50. The first-order valence-electron chi connectivity index (χ1n) is 6.63. The molecule has 1 nitrogen and oxygen atoms in total. The van der Waals surface area contributed by atoms with Gasteiger partial charge in [0.05, 0.1) is 5.60 Å². The second kappa shape index (κ2) is 6.03. The monoisotopic (exact) mass is 338 g/mol. The van der Waals surface area contributed by atoms with Crippen molar-refractivity contribution in [3.05, 3.63) is 0 Å². The molecule has 0 unspecified atom stereocenters. The van der Waals surface area contributed by atoms with E-state index in [0.29, 0.717) is 5.41 Å². The van der Waals surface area contributed by atoms with Crippen LogP contribution >= 0.6 is 22.6 Å². The van der Waals surface area contributed by atoms with Crippen LogP contribution in [0, 0.1) is 11.3 Å². The topological polar surface area (TPSA) is 9.23 Å². The minimum Gasteiger partial charge on any atom is -0.374 e. The maximum atomic E-state index is 6.12. The van der Waals surface area contributed by atoms with Gasteiger partial charge in [0.1, 0.15) is 0 Å². The number of alkyl halides is 1. The summed E-state index contributed by atoms with van der Waals surface area (Å²) in [5, 5.41) is 0. The molecule has 96 valence electrons. The van der Waals surface area contributed by atoms with Crippen molar-refractivity contribution in [3.8, 4) is 0 Å². The molecule has 0 amide bonds. The first-order valence-corrected chi connectivity index (χ1v) is 8.16. The van der Waals surface area contributed by atoms with E-state index in [1.807, 2.05) is 0 Å². The SMILES string of the molecule is CCCOC1(CI)CCC(C(C)(C)C)CC1. The van der Waals surface area contributed by atoms with E-state index < -0.39 is 0 Å². The summed E-state index contributed by atoms with van der Waals surface area (Å²) < 4.78 is 7.28. The van der Waals surface area contributed by atoms with E-state index in [0.717, 1.165) is 23.4 Å². The van der Waals surface area contributed by atoms with Gasteiger partial charge in [0.15, 0.2) is 0 Å². The standard InChI is InChI=1S/C14H27IO/c1-5-10-16-14(11-15)8-6-12(7-9-14)13(2,3)4/h12H,5-11H2,1-4H3. The van der Waals surface area contributed by atoms with E-state index in [9.17, 15) is 0 Å². The van der Waals surface area contributed by atoms with E-state index in [-0.39, 0.29) is 5.60 Å². The summed E-state index contributed by atoms with van der Waals surface area (Å²) in [7, 11) is 0. The number of ether oxygens (including phenoxy) is 1. The van der Waals surface area contributed by atoms with Crippen LogP contribution in [0.4, 0.5) is 0 Å². The Kier molecular flexibility index (Phi) is 5.56. The second-order valence-electron chi connectivity index (χ2n) is 6.31. The molecule has 0 aromatic rings. The van der Waals surface area contributed by atoms with Gasteiger partial charge in [-0.05, 0) is 43.4 Å². The number of halogens is 1. The lowest BCUT2D eigenvalue weighted by Gasteiger charge is -2.43. The van der Waals surface area contributed by atoms with E-state index in [2.05, 4.69) is 50.3 Å². The van der Waals surface area contributed by atoms with Crippen molar-refractivity contribution in [2.24, 2.45) is 11.3 Å². The lowest BCUT2D eigenvalue weighted by Crippen LogP contribution is -2.41. The highest BCUT2D eigenvalue weighted by Gasteiger charge is 2.38. The van der Waals surface area contributed by atoms with E-state index >= 15 is 0 Å². The van der Waals surface area contributed by atoms with Crippen molar-refractivity contribution >= 4 is 22.6 Å². The highest BCUT2D eigenvalue weighted by molar-refractivity contribution is 14.1. The Labute approximate surface area is 115 Å². The van der Waals surface area contributed by atoms with Crippen molar-refractivity contribution in [2.75, 3.05) is 11.0 Å². The van der Waals surface area contributed by atoms with Crippen LogP contribution in [0.15, 0.2) is 0 Å². The van der Waals surface area contributed by atoms with Crippen molar-refractivity contribution in [2.45, 2.75) is 65.4 Å². The quantitative estimate of drug-likeness (QED) is 0.527. The molecule has 0 atom stereocenters. The minimum atomic E-state index is 0.207. The number of hydrogen-bond donors (Lipinski definition) is 0. The minimum absolute atomic E-state index is 0.207. The molecule has 1 saturated carbocycles. The fourth-order valence-electron chi connectivity index (χ4n) is 2.65. The Bertz CT molecular complexity index is 199. The van der Waals surface area contributed by atoms with Crippen LogP contribution in [0.1, 0.15) is 59.8 Å². The van der Waals surface area contributed by atoms with Gasteiger partial charge in [-0.1, -0.05) is 50.3 Å². The maximum absolute atomic E-state index is 6.12. The van der Waals surface area contributed by atoms with Crippen molar-refractivity contribution < 1.29 is 4.74 Å². The molecular formula is C14H27IO. The molecule has 16 heavy (non-hydrogen) atoms. The van der Waals surface area contributed by atoms with Gasteiger partial charge < -0.3 is 4.74 Å². The predicted octanol–water partition coefficient (Wildman–Crippen LogP) is 4.82. The molecule has 1 fully saturated rings. The summed E-state index contributed by atoms with van der Waals surface area (Å²) in [6, 6.07) is 0. The molecule has 0 bridgehead atoms. The lowest BCUT2D eigenvalue weighted by molar-refractivity contribution is -0.0675. The Morgan fingerprint density at radius 1 is 1.25 bits per heavy atom. The lowest BCUT2D eigenvalue weighted by atomic mass is 9.69. The van der Waals surface area contributed by atoms with Gasteiger partial charge in [-0.2, -0.15) is 0 Å². The van der Waals surface area contributed by atoms with Gasteiger partial charge in [0.25, 0.3) is 0 Å². The number of hydrogen-bond acceptors (Lipinski definition) is 1. The number of rotatable bonds is 4. The third kappa shape index (κ3) is 3.86. The van der Waals surface area contributed by atoms with Gasteiger partial charge >= 0.3 is 0 Å². The Morgan fingerprint density at radius 3 is 2.19 bits per heavy atom. The Hall–Kier alpha value is 0.690. The summed E-state index contributed by atoms with van der Waals surface area (Å²) in [6.45, 7) is 10.3. The molecule has 0 aliphatic heterocycles. The summed E-state index contributed by atoms with van der Waals surface area (Å²) in [6.07, 6.45) is 6.35. The first-order chi connectivity index (χ1) is 7.43. The Morgan fingerprint density at radius 2 is 1.81 bits per heavy atom. The molecule has 0 saturated heterocycles. The second-order valence-corrected chi connectivity index (χ2v) is 7.07. The normalized spacial score (nSPS) is 31.7. The van der Waals surface area contributed by atoms with Crippen LogP contribution < -0.4 is 0 Å². The average Bonchev–Trinajstić information content (AvgIpc) is 2.26. The van der Waals surface area contributed by atoms with Gasteiger partial charge in [-0.25, -0.2) is 0 Å². The van der Waals surface area contributed by atoms with Crippen LogP contribution in [0.2, 0.25) is 0 Å². The van der Waals surface area contributed by atoms with Gasteiger partial charge in [0.2, 0.25) is 0 Å². The highest BCUT2D eigenvalue weighted by Crippen LogP contribution is 2.43. The van der Waals surface area contributed by atoms with Gasteiger partial charge in [-0.3, -0.25) is 0 Å². The smallest absolute Gasteiger partial charge is 0.0771 e. The van der Waals surface area contributed by atoms with Crippen molar-refractivity contribution in [3.63, 3.8) is 0 Å². The zero-order valence-electron chi connectivity index (χ0n) is 11.3. The van der Waals surface area contributed by atoms with Gasteiger partial charge in [-0.15, -0.1) is 0 Å².